The van der Waals surface area contributed by atoms with E-state index in [0.29, 0.717) is 6.04 Å². The molecule has 0 bridgehead atoms. The quantitative estimate of drug-likeness (QED) is 0.800. The van der Waals surface area contributed by atoms with E-state index in [0.717, 1.165) is 19.4 Å². The van der Waals surface area contributed by atoms with E-state index in [-0.39, 0.29) is 0 Å². The molecule has 132 valence electrons. The van der Waals surface area contributed by atoms with E-state index >= 15 is 0 Å². The van der Waals surface area contributed by atoms with Crippen molar-refractivity contribution in [1.29, 1.82) is 0 Å². The van der Waals surface area contributed by atoms with Gasteiger partial charge in [0, 0.05) is 25.2 Å². The number of fused-ring (bicyclic) bond motifs is 1. The molecule has 3 fully saturated rings. The Labute approximate surface area is 147 Å². The Morgan fingerprint density at radius 3 is 2.46 bits per heavy atom. The number of ether oxygens (including phenoxy) is 1. The van der Waals surface area contributed by atoms with Gasteiger partial charge in [0.25, 0.3) is 0 Å². The summed E-state index contributed by atoms with van der Waals surface area (Å²) in [6.07, 6.45) is 11.0. The Bertz CT molecular complexity index is 509. The minimum atomic E-state index is 0.665. The molecule has 0 spiro atoms. The Morgan fingerprint density at radius 2 is 1.62 bits per heavy atom. The molecule has 3 aliphatic rings. The van der Waals surface area contributed by atoms with Crippen molar-refractivity contribution in [1.82, 2.24) is 9.80 Å². The van der Waals surface area contributed by atoms with Gasteiger partial charge in [0.15, 0.2) is 0 Å². The first-order valence-corrected chi connectivity index (χ1v) is 10.0. The molecule has 0 aliphatic carbocycles. The highest BCUT2D eigenvalue weighted by Gasteiger charge is 2.35. The lowest BCUT2D eigenvalue weighted by atomic mass is 10.0. The average Bonchev–Trinajstić information content (AvgIpc) is 3.07. The topological polar surface area (TPSA) is 15.7 Å². The van der Waals surface area contributed by atoms with Gasteiger partial charge in [-0.15, -0.1) is 0 Å². The third-order valence-corrected chi connectivity index (χ3v) is 6.20. The maximum atomic E-state index is 5.93. The van der Waals surface area contributed by atoms with Crippen molar-refractivity contribution in [3.8, 4) is 0 Å². The van der Waals surface area contributed by atoms with E-state index in [9.17, 15) is 0 Å². The van der Waals surface area contributed by atoms with Crippen LogP contribution in [0, 0.1) is 0 Å². The van der Waals surface area contributed by atoms with Gasteiger partial charge < -0.3 is 4.74 Å². The Kier molecular flexibility index (Phi) is 5.51. The first-order valence-electron chi connectivity index (χ1n) is 10.0. The van der Waals surface area contributed by atoms with Crippen LogP contribution in [0.5, 0.6) is 0 Å². The van der Waals surface area contributed by atoms with Crippen LogP contribution in [-0.2, 0) is 11.3 Å². The highest BCUT2D eigenvalue weighted by Crippen LogP contribution is 2.40. The van der Waals surface area contributed by atoms with Gasteiger partial charge in [-0.25, -0.2) is 0 Å². The van der Waals surface area contributed by atoms with E-state index in [1.807, 2.05) is 0 Å². The molecule has 0 N–H and O–H groups in total. The van der Waals surface area contributed by atoms with Crippen molar-refractivity contribution in [3.05, 3.63) is 35.4 Å². The lowest BCUT2D eigenvalue weighted by Crippen LogP contribution is -2.35. The maximum absolute atomic E-state index is 5.93. The molecule has 3 heteroatoms. The minimum absolute atomic E-state index is 0.665. The Balaban J connectivity index is 1.28. The van der Waals surface area contributed by atoms with Gasteiger partial charge in [0.1, 0.15) is 0 Å². The molecule has 3 saturated heterocycles. The number of hydrogen-bond donors (Lipinski definition) is 0. The lowest BCUT2D eigenvalue weighted by molar-refractivity contribution is 0.00974. The molecule has 4 rings (SSSR count). The summed E-state index contributed by atoms with van der Waals surface area (Å²) in [5.41, 5.74) is 2.82. The van der Waals surface area contributed by atoms with Crippen molar-refractivity contribution in [2.45, 2.75) is 70.1 Å². The highest BCUT2D eigenvalue weighted by molar-refractivity contribution is 5.26. The highest BCUT2D eigenvalue weighted by atomic mass is 16.5. The van der Waals surface area contributed by atoms with Crippen molar-refractivity contribution < 1.29 is 4.74 Å². The summed E-state index contributed by atoms with van der Waals surface area (Å²) in [6, 6.07) is 10.8. The third kappa shape index (κ3) is 3.84. The SMILES string of the molecule is c1cc(C2CCC3CCCCN32)ccc1COCN1CCCCC1. The van der Waals surface area contributed by atoms with Crippen molar-refractivity contribution in [2.75, 3.05) is 26.4 Å². The van der Waals surface area contributed by atoms with Crippen molar-refractivity contribution >= 4 is 0 Å². The summed E-state index contributed by atoms with van der Waals surface area (Å²) in [4.78, 5) is 5.21. The van der Waals surface area contributed by atoms with Crippen molar-refractivity contribution in [2.24, 2.45) is 0 Å². The summed E-state index contributed by atoms with van der Waals surface area (Å²) in [7, 11) is 0. The summed E-state index contributed by atoms with van der Waals surface area (Å²) in [6.45, 7) is 5.25. The van der Waals surface area contributed by atoms with Crippen LogP contribution < -0.4 is 0 Å². The fourth-order valence-electron chi connectivity index (χ4n) is 4.83. The fourth-order valence-corrected chi connectivity index (χ4v) is 4.83. The monoisotopic (exact) mass is 328 g/mol. The maximum Gasteiger partial charge on any atom is 0.0994 e. The molecule has 3 aliphatic heterocycles. The Morgan fingerprint density at radius 1 is 0.833 bits per heavy atom. The molecule has 24 heavy (non-hydrogen) atoms. The molecule has 3 heterocycles. The lowest BCUT2D eigenvalue weighted by Gasteiger charge is -2.34. The normalized spacial score (nSPS) is 28.8. The van der Waals surface area contributed by atoms with Crippen LogP contribution in [0.4, 0.5) is 0 Å². The van der Waals surface area contributed by atoms with E-state index in [1.165, 1.54) is 82.1 Å². The first-order chi connectivity index (χ1) is 11.9. The molecule has 0 saturated carbocycles. The predicted molar refractivity (Wildman–Crippen MR) is 97.8 cm³/mol. The van der Waals surface area contributed by atoms with Gasteiger partial charge in [-0.2, -0.15) is 0 Å². The zero-order chi connectivity index (χ0) is 16.2. The van der Waals surface area contributed by atoms with Crippen LogP contribution in [0.15, 0.2) is 24.3 Å². The minimum Gasteiger partial charge on any atom is -0.361 e. The average molecular weight is 329 g/mol. The number of nitrogens with zero attached hydrogens (tertiary/aromatic N) is 2. The van der Waals surface area contributed by atoms with E-state index < -0.39 is 0 Å². The molecule has 0 aromatic heterocycles. The third-order valence-electron chi connectivity index (χ3n) is 6.20. The largest absolute Gasteiger partial charge is 0.361 e. The van der Waals surface area contributed by atoms with E-state index in [1.54, 1.807) is 0 Å². The predicted octanol–water partition coefficient (Wildman–Crippen LogP) is 4.34. The molecular formula is C21H32N2O. The van der Waals surface area contributed by atoms with Crippen molar-refractivity contribution in [3.63, 3.8) is 0 Å². The van der Waals surface area contributed by atoms with Crippen LogP contribution in [-0.4, -0.2) is 42.2 Å². The standard InChI is InChI=1S/C21H32N2O/c1-3-13-22(14-4-1)17-24-16-18-7-9-19(10-8-18)21-12-11-20-6-2-5-15-23(20)21/h7-10,20-21H,1-6,11-17H2. The number of piperidine rings is 2. The fraction of sp³-hybridized carbons (Fsp3) is 0.714. The summed E-state index contributed by atoms with van der Waals surface area (Å²) in [5, 5.41) is 0. The molecule has 3 nitrogen and oxygen atoms in total. The smallest absolute Gasteiger partial charge is 0.0994 e. The van der Waals surface area contributed by atoms with Crippen LogP contribution >= 0.6 is 0 Å². The zero-order valence-electron chi connectivity index (χ0n) is 15.0. The van der Waals surface area contributed by atoms with Gasteiger partial charge in [0.05, 0.1) is 13.3 Å². The molecule has 2 unspecified atom stereocenters. The molecular weight excluding hydrogens is 296 g/mol. The summed E-state index contributed by atoms with van der Waals surface area (Å²) >= 11 is 0. The summed E-state index contributed by atoms with van der Waals surface area (Å²) in [5.74, 6) is 0. The van der Waals surface area contributed by atoms with Crippen LogP contribution in [0.1, 0.15) is 68.5 Å². The summed E-state index contributed by atoms with van der Waals surface area (Å²) < 4.78 is 5.93. The number of benzene rings is 1. The van der Waals surface area contributed by atoms with Gasteiger partial charge >= 0.3 is 0 Å². The first kappa shape index (κ1) is 16.6. The Hall–Kier alpha value is -0.900. The van der Waals surface area contributed by atoms with Crippen LogP contribution in [0.3, 0.4) is 0 Å². The molecule has 1 aromatic rings. The van der Waals surface area contributed by atoms with Gasteiger partial charge in [-0.1, -0.05) is 37.1 Å². The second-order valence-electron chi connectivity index (χ2n) is 7.88. The van der Waals surface area contributed by atoms with Gasteiger partial charge in [-0.3, -0.25) is 9.80 Å². The van der Waals surface area contributed by atoms with E-state index in [4.69, 9.17) is 4.74 Å². The number of likely N-dealkylation sites (tertiary alicyclic amines) is 1. The van der Waals surface area contributed by atoms with Crippen LogP contribution in [0.25, 0.3) is 0 Å². The second-order valence-corrected chi connectivity index (χ2v) is 7.88. The molecule has 0 radical (unpaired) electrons. The van der Waals surface area contributed by atoms with Gasteiger partial charge in [0.2, 0.25) is 0 Å². The second kappa shape index (κ2) is 7.99. The van der Waals surface area contributed by atoms with Gasteiger partial charge in [-0.05, 0) is 56.2 Å². The molecule has 1 aromatic carbocycles. The number of rotatable bonds is 5. The zero-order valence-corrected chi connectivity index (χ0v) is 15.0. The number of hydrogen-bond acceptors (Lipinski definition) is 3. The molecule has 2 atom stereocenters. The molecule has 0 amide bonds. The van der Waals surface area contributed by atoms with E-state index in [2.05, 4.69) is 34.1 Å². The van der Waals surface area contributed by atoms with Crippen LogP contribution in [0.2, 0.25) is 0 Å².